The summed E-state index contributed by atoms with van der Waals surface area (Å²) in [5.41, 5.74) is 0.915. The van der Waals surface area contributed by atoms with Gasteiger partial charge in [0.1, 0.15) is 11.5 Å². The quantitative estimate of drug-likeness (QED) is 0.827. The van der Waals surface area contributed by atoms with E-state index in [1.54, 1.807) is 11.0 Å². The van der Waals surface area contributed by atoms with Crippen molar-refractivity contribution >= 4 is 11.0 Å². The highest BCUT2D eigenvalue weighted by Crippen LogP contribution is 2.29. The van der Waals surface area contributed by atoms with Gasteiger partial charge in [0, 0.05) is 31.0 Å². The zero-order chi connectivity index (χ0) is 12.8. The second-order valence-corrected chi connectivity index (χ2v) is 4.59. The highest BCUT2D eigenvalue weighted by molar-refractivity contribution is 5.79. The van der Waals surface area contributed by atoms with Crippen molar-refractivity contribution in [1.82, 2.24) is 10.1 Å². The van der Waals surface area contributed by atoms with Crippen LogP contribution in [0.5, 0.6) is 0 Å². The van der Waals surface area contributed by atoms with E-state index in [0.717, 1.165) is 0 Å². The number of likely N-dealkylation sites (tertiary alicyclic amines) is 1. The van der Waals surface area contributed by atoms with Crippen LogP contribution in [0.3, 0.4) is 0 Å². The number of fused-ring (bicyclic) bond motifs is 1. The predicted molar refractivity (Wildman–Crippen MR) is 58.8 cm³/mol. The topological polar surface area (TPSA) is 29.3 Å². The molecule has 0 unspecified atom stereocenters. The third-order valence-electron chi connectivity index (χ3n) is 3.13. The highest BCUT2D eigenvalue weighted by atomic mass is 19.3. The molecule has 96 valence electrons. The third-order valence-corrected chi connectivity index (χ3v) is 3.13. The van der Waals surface area contributed by atoms with Crippen LogP contribution in [-0.4, -0.2) is 29.1 Å². The molecule has 3 rings (SSSR count). The molecule has 1 aromatic carbocycles. The van der Waals surface area contributed by atoms with Gasteiger partial charge in [-0.1, -0.05) is 5.16 Å². The van der Waals surface area contributed by atoms with Crippen LogP contribution in [0.25, 0.3) is 11.0 Å². The minimum absolute atomic E-state index is 0.128. The van der Waals surface area contributed by atoms with E-state index in [1.165, 1.54) is 12.1 Å². The summed E-state index contributed by atoms with van der Waals surface area (Å²) in [6, 6.07) is 4.11. The minimum atomic E-state index is -2.62. The number of benzene rings is 1. The van der Waals surface area contributed by atoms with E-state index in [1.807, 2.05) is 0 Å². The smallest absolute Gasteiger partial charge is 0.261 e. The van der Waals surface area contributed by atoms with Crippen LogP contribution in [0.1, 0.15) is 12.1 Å². The Balaban J connectivity index is 1.83. The molecule has 6 heteroatoms. The number of rotatable bonds is 2. The molecule has 1 fully saturated rings. The Morgan fingerprint density at radius 3 is 2.94 bits per heavy atom. The molecule has 0 saturated carbocycles. The summed E-state index contributed by atoms with van der Waals surface area (Å²) in [4.78, 5) is 1.63. The number of alkyl halides is 2. The SMILES string of the molecule is Fc1ccc2c(CN3CCC(F)(F)C3)noc2c1. The van der Waals surface area contributed by atoms with E-state index < -0.39 is 11.7 Å². The Bertz CT molecular complexity index is 582. The van der Waals surface area contributed by atoms with E-state index in [9.17, 15) is 13.2 Å². The molecule has 0 amide bonds. The van der Waals surface area contributed by atoms with Gasteiger partial charge in [-0.15, -0.1) is 0 Å². The fraction of sp³-hybridized carbons (Fsp3) is 0.417. The minimum Gasteiger partial charge on any atom is -0.356 e. The van der Waals surface area contributed by atoms with Gasteiger partial charge in [0.25, 0.3) is 5.92 Å². The van der Waals surface area contributed by atoms with Gasteiger partial charge in [-0.2, -0.15) is 0 Å². The molecule has 0 aliphatic carbocycles. The molecule has 0 bridgehead atoms. The summed E-state index contributed by atoms with van der Waals surface area (Å²) in [6.45, 7) is 0.374. The molecular weight excluding hydrogens is 245 g/mol. The van der Waals surface area contributed by atoms with E-state index in [4.69, 9.17) is 4.52 Å². The van der Waals surface area contributed by atoms with Crippen molar-refractivity contribution in [2.45, 2.75) is 18.9 Å². The summed E-state index contributed by atoms with van der Waals surface area (Å²) in [5, 5.41) is 4.49. The zero-order valence-electron chi connectivity index (χ0n) is 9.50. The monoisotopic (exact) mass is 256 g/mol. The summed E-state index contributed by atoms with van der Waals surface area (Å²) in [7, 11) is 0. The molecule has 1 saturated heterocycles. The summed E-state index contributed by atoms with van der Waals surface area (Å²) < 4.78 is 44.1. The Hall–Kier alpha value is -1.56. The van der Waals surface area contributed by atoms with Crippen molar-refractivity contribution in [2.75, 3.05) is 13.1 Å². The van der Waals surface area contributed by atoms with Crippen molar-refractivity contribution in [3.05, 3.63) is 29.7 Å². The maximum Gasteiger partial charge on any atom is 0.261 e. The van der Waals surface area contributed by atoms with Gasteiger partial charge >= 0.3 is 0 Å². The summed E-state index contributed by atoms with van der Waals surface area (Å²) in [6.07, 6.45) is -0.128. The average molecular weight is 256 g/mol. The van der Waals surface area contributed by atoms with Crippen LogP contribution in [0.4, 0.5) is 13.2 Å². The van der Waals surface area contributed by atoms with Crippen LogP contribution in [-0.2, 0) is 6.54 Å². The lowest BCUT2D eigenvalue weighted by Crippen LogP contribution is -2.25. The Kier molecular flexibility index (Phi) is 2.55. The van der Waals surface area contributed by atoms with Crippen molar-refractivity contribution in [1.29, 1.82) is 0 Å². The van der Waals surface area contributed by atoms with Crippen molar-refractivity contribution < 1.29 is 17.7 Å². The molecule has 0 N–H and O–H groups in total. The first-order valence-corrected chi connectivity index (χ1v) is 5.67. The molecule has 1 aromatic heterocycles. The number of nitrogens with zero attached hydrogens (tertiary/aromatic N) is 2. The predicted octanol–water partition coefficient (Wildman–Crippen LogP) is 2.81. The summed E-state index contributed by atoms with van der Waals surface area (Å²) in [5.74, 6) is -3.02. The lowest BCUT2D eigenvalue weighted by Gasteiger charge is -2.13. The normalized spacial score (nSPS) is 19.7. The standard InChI is InChI=1S/C12H11F3N2O/c13-8-1-2-9-10(16-18-11(9)5-8)6-17-4-3-12(14,15)7-17/h1-2,5H,3-4,6-7H2. The van der Waals surface area contributed by atoms with E-state index >= 15 is 0 Å². The van der Waals surface area contributed by atoms with Gasteiger partial charge in [-0.25, -0.2) is 13.2 Å². The van der Waals surface area contributed by atoms with E-state index in [2.05, 4.69) is 5.16 Å². The highest BCUT2D eigenvalue weighted by Gasteiger charge is 2.38. The fourth-order valence-electron chi connectivity index (χ4n) is 2.23. The number of hydrogen-bond donors (Lipinski definition) is 0. The lowest BCUT2D eigenvalue weighted by molar-refractivity contribution is 0.0113. The molecule has 1 aliphatic heterocycles. The van der Waals surface area contributed by atoms with Crippen LogP contribution in [0.2, 0.25) is 0 Å². The molecule has 18 heavy (non-hydrogen) atoms. The maximum absolute atomic E-state index is 13.1. The van der Waals surface area contributed by atoms with Gasteiger partial charge in [-0.3, -0.25) is 4.90 Å². The van der Waals surface area contributed by atoms with Crippen molar-refractivity contribution in [3.8, 4) is 0 Å². The van der Waals surface area contributed by atoms with Gasteiger partial charge in [0.05, 0.1) is 6.54 Å². The Morgan fingerprint density at radius 2 is 2.22 bits per heavy atom. The van der Waals surface area contributed by atoms with Crippen molar-refractivity contribution in [3.63, 3.8) is 0 Å². The van der Waals surface area contributed by atoms with Crippen LogP contribution < -0.4 is 0 Å². The molecule has 3 nitrogen and oxygen atoms in total. The molecule has 2 aromatic rings. The number of halogens is 3. The first kappa shape index (κ1) is 11.5. The van der Waals surface area contributed by atoms with Crippen LogP contribution in [0.15, 0.2) is 22.7 Å². The van der Waals surface area contributed by atoms with E-state index in [0.29, 0.717) is 29.8 Å². The van der Waals surface area contributed by atoms with Crippen LogP contribution >= 0.6 is 0 Å². The molecule has 0 atom stereocenters. The molecular formula is C12H11F3N2O. The van der Waals surface area contributed by atoms with Gasteiger partial charge in [0.2, 0.25) is 0 Å². The van der Waals surface area contributed by atoms with Crippen LogP contribution in [0, 0.1) is 5.82 Å². The van der Waals surface area contributed by atoms with Gasteiger partial charge < -0.3 is 4.52 Å². The molecule has 0 radical (unpaired) electrons. The van der Waals surface area contributed by atoms with Gasteiger partial charge in [0.15, 0.2) is 5.58 Å². The number of hydrogen-bond acceptors (Lipinski definition) is 3. The largest absolute Gasteiger partial charge is 0.356 e. The van der Waals surface area contributed by atoms with Gasteiger partial charge in [-0.05, 0) is 12.1 Å². The Morgan fingerprint density at radius 1 is 1.39 bits per heavy atom. The summed E-state index contributed by atoms with van der Waals surface area (Å²) >= 11 is 0. The average Bonchev–Trinajstić information content (AvgIpc) is 2.83. The molecule has 0 spiro atoms. The second-order valence-electron chi connectivity index (χ2n) is 4.59. The second kappa shape index (κ2) is 3.98. The molecule has 2 heterocycles. The maximum atomic E-state index is 13.1. The number of aromatic nitrogens is 1. The lowest BCUT2D eigenvalue weighted by atomic mass is 10.2. The first-order chi connectivity index (χ1) is 8.53. The Labute approximate surface area is 101 Å². The van der Waals surface area contributed by atoms with Crippen molar-refractivity contribution in [2.24, 2.45) is 0 Å². The first-order valence-electron chi connectivity index (χ1n) is 5.67. The zero-order valence-corrected chi connectivity index (χ0v) is 9.50. The third kappa shape index (κ3) is 2.08. The molecule has 1 aliphatic rings. The van der Waals surface area contributed by atoms with E-state index in [-0.39, 0.29) is 13.0 Å². The fourth-order valence-corrected chi connectivity index (χ4v) is 2.23.